The van der Waals surface area contributed by atoms with Crippen LogP contribution in [-0.2, 0) is 20.7 Å². The molecule has 7 nitrogen and oxygen atoms in total. The van der Waals surface area contributed by atoms with Crippen molar-refractivity contribution in [3.05, 3.63) is 41.3 Å². The average molecular weight is 332 g/mol. The van der Waals surface area contributed by atoms with Crippen LogP contribution in [0.25, 0.3) is 0 Å². The van der Waals surface area contributed by atoms with E-state index in [9.17, 15) is 9.59 Å². The van der Waals surface area contributed by atoms with Gasteiger partial charge in [0, 0.05) is 23.7 Å². The van der Waals surface area contributed by atoms with Crippen LogP contribution in [0.15, 0.2) is 28.8 Å². The molecule has 0 aliphatic rings. The van der Waals surface area contributed by atoms with E-state index < -0.39 is 11.9 Å². The molecule has 128 valence electrons. The quantitative estimate of drug-likeness (QED) is 0.783. The van der Waals surface area contributed by atoms with Gasteiger partial charge >= 0.3 is 5.97 Å². The highest BCUT2D eigenvalue weighted by Gasteiger charge is 2.13. The standard InChI is InChI=1S/C17H20N2O5/c1-11-15(12(2)24-19-11)7-8-17(21)23-10-16(20)18-13-5-4-6-14(9-13)22-3/h4-6,9H,7-8,10H2,1-3H3,(H,18,20). The summed E-state index contributed by atoms with van der Waals surface area (Å²) in [5.41, 5.74) is 2.23. The average Bonchev–Trinajstić information content (AvgIpc) is 2.89. The highest BCUT2D eigenvalue weighted by atomic mass is 16.5. The van der Waals surface area contributed by atoms with Crippen molar-refractivity contribution in [1.29, 1.82) is 0 Å². The molecule has 1 aromatic heterocycles. The maximum atomic E-state index is 11.8. The van der Waals surface area contributed by atoms with Gasteiger partial charge in [-0.1, -0.05) is 11.2 Å². The molecule has 1 N–H and O–H groups in total. The summed E-state index contributed by atoms with van der Waals surface area (Å²) in [6.07, 6.45) is 0.632. The zero-order valence-corrected chi connectivity index (χ0v) is 13.9. The predicted octanol–water partition coefficient (Wildman–Crippen LogP) is 2.41. The molecular weight excluding hydrogens is 312 g/mol. The summed E-state index contributed by atoms with van der Waals surface area (Å²) < 4.78 is 15.1. The first kappa shape index (κ1) is 17.5. The molecule has 2 rings (SSSR count). The highest BCUT2D eigenvalue weighted by Crippen LogP contribution is 2.17. The van der Waals surface area contributed by atoms with Gasteiger partial charge in [0.2, 0.25) is 0 Å². The van der Waals surface area contributed by atoms with Gasteiger partial charge in [0.05, 0.1) is 12.8 Å². The van der Waals surface area contributed by atoms with Crippen molar-refractivity contribution >= 4 is 17.6 Å². The summed E-state index contributed by atoms with van der Waals surface area (Å²) in [6, 6.07) is 6.92. The van der Waals surface area contributed by atoms with Crippen molar-refractivity contribution in [3.63, 3.8) is 0 Å². The number of carbonyl (C=O) groups is 2. The van der Waals surface area contributed by atoms with E-state index in [1.54, 1.807) is 38.3 Å². The van der Waals surface area contributed by atoms with Crippen molar-refractivity contribution in [2.24, 2.45) is 0 Å². The number of hydrogen-bond acceptors (Lipinski definition) is 6. The number of nitrogens with one attached hydrogen (secondary N) is 1. The second-order valence-corrected chi connectivity index (χ2v) is 5.24. The summed E-state index contributed by atoms with van der Waals surface area (Å²) in [5, 5.41) is 6.47. The number of aromatic nitrogens is 1. The number of esters is 1. The number of rotatable bonds is 7. The third-order valence-corrected chi connectivity index (χ3v) is 3.48. The third kappa shape index (κ3) is 4.84. The fraction of sp³-hybridized carbons (Fsp3) is 0.353. The van der Waals surface area contributed by atoms with Crippen LogP contribution in [0.2, 0.25) is 0 Å². The van der Waals surface area contributed by atoms with Crippen molar-refractivity contribution in [1.82, 2.24) is 5.16 Å². The monoisotopic (exact) mass is 332 g/mol. The molecule has 0 radical (unpaired) electrons. The minimum absolute atomic E-state index is 0.162. The molecule has 0 bridgehead atoms. The maximum Gasteiger partial charge on any atom is 0.306 e. The van der Waals surface area contributed by atoms with E-state index >= 15 is 0 Å². The van der Waals surface area contributed by atoms with E-state index in [0.29, 0.717) is 23.6 Å². The Bertz CT molecular complexity index is 704. The van der Waals surface area contributed by atoms with Crippen LogP contribution in [-0.4, -0.2) is 30.7 Å². The van der Waals surface area contributed by atoms with Crippen LogP contribution in [0.1, 0.15) is 23.4 Å². The molecule has 7 heteroatoms. The van der Waals surface area contributed by atoms with Crippen molar-refractivity contribution in [2.75, 3.05) is 19.0 Å². The van der Waals surface area contributed by atoms with Crippen LogP contribution in [0.4, 0.5) is 5.69 Å². The van der Waals surface area contributed by atoms with Crippen LogP contribution in [0.5, 0.6) is 5.75 Å². The Balaban J connectivity index is 1.75. The molecule has 0 saturated carbocycles. The molecule has 0 atom stereocenters. The topological polar surface area (TPSA) is 90.7 Å². The summed E-state index contributed by atoms with van der Waals surface area (Å²) in [6.45, 7) is 3.28. The van der Waals surface area contributed by atoms with Gasteiger partial charge in [-0.3, -0.25) is 9.59 Å². The Morgan fingerprint density at radius 3 is 2.75 bits per heavy atom. The SMILES string of the molecule is COc1cccc(NC(=O)COC(=O)CCc2c(C)noc2C)c1. The Labute approximate surface area is 139 Å². The zero-order valence-electron chi connectivity index (χ0n) is 13.9. The van der Waals surface area contributed by atoms with Gasteiger partial charge in [-0.05, 0) is 32.4 Å². The molecule has 0 aliphatic heterocycles. The van der Waals surface area contributed by atoms with Gasteiger partial charge in [-0.2, -0.15) is 0 Å². The van der Waals surface area contributed by atoms with Gasteiger partial charge in [0.25, 0.3) is 5.91 Å². The summed E-state index contributed by atoms with van der Waals surface area (Å²) >= 11 is 0. The van der Waals surface area contributed by atoms with Gasteiger partial charge in [0.15, 0.2) is 6.61 Å². The summed E-state index contributed by atoms with van der Waals surface area (Å²) in [4.78, 5) is 23.5. The van der Waals surface area contributed by atoms with Gasteiger partial charge in [-0.15, -0.1) is 0 Å². The number of hydrogen-bond donors (Lipinski definition) is 1. The number of aryl methyl sites for hydroxylation is 2. The number of benzene rings is 1. The minimum atomic E-state index is -0.448. The van der Waals surface area contributed by atoms with Crippen LogP contribution in [0, 0.1) is 13.8 Å². The Morgan fingerprint density at radius 1 is 1.29 bits per heavy atom. The lowest BCUT2D eigenvalue weighted by Gasteiger charge is -2.08. The first-order valence-corrected chi connectivity index (χ1v) is 7.51. The van der Waals surface area contributed by atoms with Crippen LogP contribution < -0.4 is 10.1 Å². The van der Waals surface area contributed by atoms with Gasteiger partial charge in [-0.25, -0.2) is 0 Å². The Morgan fingerprint density at radius 2 is 2.08 bits per heavy atom. The maximum absolute atomic E-state index is 11.8. The van der Waals surface area contributed by atoms with Crippen LogP contribution in [0.3, 0.4) is 0 Å². The molecule has 0 aliphatic carbocycles. The van der Waals surface area contributed by atoms with Crippen molar-refractivity contribution in [2.45, 2.75) is 26.7 Å². The lowest BCUT2D eigenvalue weighted by atomic mass is 10.1. The second kappa shape index (κ2) is 8.14. The fourth-order valence-corrected chi connectivity index (χ4v) is 2.20. The second-order valence-electron chi connectivity index (χ2n) is 5.24. The smallest absolute Gasteiger partial charge is 0.306 e. The van der Waals surface area contributed by atoms with Crippen molar-refractivity contribution < 1.29 is 23.6 Å². The first-order chi connectivity index (χ1) is 11.5. The number of carbonyl (C=O) groups excluding carboxylic acids is 2. The number of ether oxygens (including phenoxy) is 2. The van der Waals surface area contributed by atoms with Gasteiger partial charge < -0.3 is 19.3 Å². The molecule has 0 unspecified atom stereocenters. The molecule has 0 spiro atoms. The molecule has 1 aromatic carbocycles. The van der Waals surface area contributed by atoms with E-state index in [1.165, 1.54) is 0 Å². The Hall–Kier alpha value is -2.83. The third-order valence-electron chi connectivity index (χ3n) is 3.48. The lowest BCUT2D eigenvalue weighted by molar-refractivity contribution is -0.147. The molecule has 0 saturated heterocycles. The van der Waals surface area contributed by atoms with Crippen molar-refractivity contribution in [3.8, 4) is 5.75 Å². The van der Waals surface area contributed by atoms with E-state index in [0.717, 1.165) is 11.3 Å². The molecule has 2 aromatic rings. The van der Waals surface area contributed by atoms with E-state index in [2.05, 4.69) is 10.5 Å². The summed E-state index contributed by atoms with van der Waals surface area (Å²) in [5.74, 6) is 0.463. The zero-order chi connectivity index (χ0) is 17.5. The first-order valence-electron chi connectivity index (χ1n) is 7.51. The number of anilines is 1. The predicted molar refractivity (Wildman–Crippen MR) is 86.9 cm³/mol. The number of nitrogens with zero attached hydrogens (tertiary/aromatic N) is 1. The fourth-order valence-electron chi connectivity index (χ4n) is 2.20. The number of amides is 1. The van der Waals surface area contributed by atoms with E-state index in [1.807, 2.05) is 6.92 Å². The Kier molecular flexibility index (Phi) is 5.95. The highest BCUT2D eigenvalue weighted by molar-refractivity contribution is 5.92. The molecule has 24 heavy (non-hydrogen) atoms. The molecule has 1 heterocycles. The number of methoxy groups -OCH3 is 1. The largest absolute Gasteiger partial charge is 0.497 e. The molecule has 1 amide bonds. The van der Waals surface area contributed by atoms with E-state index in [-0.39, 0.29) is 13.0 Å². The lowest BCUT2D eigenvalue weighted by Crippen LogP contribution is -2.21. The molecular formula is C17H20N2O5. The van der Waals surface area contributed by atoms with E-state index in [4.69, 9.17) is 14.0 Å². The summed E-state index contributed by atoms with van der Waals surface area (Å²) in [7, 11) is 1.54. The minimum Gasteiger partial charge on any atom is -0.497 e. The van der Waals surface area contributed by atoms with Crippen LogP contribution >= 0.6 is 0 Å². The van der Waals surface area contributed by atoms with Gasteiger partial charge in [0.1, 0.15) is 11.5 Å². The normalized spacial score (nSPS) is 10.3. The molecule has 0 fully saturated rings.